The molecule has 0 radical (unpaired) electrons. The average Bonchev–Trinajstić information content (AvgIpc) is 2.67. The van der Waals surface area contributed by atoms with Crippen LogP contribution in [-0.2, 0) is 6.42 Å². The van der Waals surface area contributed by atoms with Gasteiger partial charge in [0.15, 0.2) is 5.13 Å². The summed E-state index contributed by atoms with van der Waals surface area (Å²) in [6, 6.07) is 0. The van der Waals surface area contributed by atoms with E-state index in [9.17, 15) is 0 Å². The molecular weight excluding hydrogens is 192 g/mol. The second kappa shape index (κ2) is 4.78. The molecular formula is C11H18N2S. The van der Waals surface area contributed by atoms with Crippen molar-refractivity contribution in [1.82, 2.24) is 4.98 Å². The molecule has 1 aromatic heterocycles. The van der Waals surface area contributed by atoms with E-state index in [1.54, 1.807) is 11.3 Å². The second-order valence-electron chi connectivity index (χ2n) is 4.10. The van der Waals surface area contributed by atoms with E-state index in [0.29, 0.717) is 0 Å². The van der Waals surface area contributed by atoms with Gasteiger partial charge in [-0.05, 0) is 12.3 Å². The fourth-order valence-corrected chi connectivity index (χ4v) is 2.89. The summed E-state index contributed by atoms with van der Waals surface area (Å²) in [6.45, 7) is 0. The molecule has 0 aliphatic heterocycles. The molecule has 14 heavy (non-hydrogen) atoms. The van der Waals surface area contributed by atoms with E-state index in [-0.39, 0.29) is 0 Å². The van der Waals surface area contributed by atoms with Crippen molar-refractivity contribution >= 4 is 16.5 Å². The minimum Gasteiger partial charge on any atom is -0.365 e. The number of aromatic nitrogens is 1. The highest BCUT2D eigenvalue weighted by molar-refractivity contribution is 7.13. The lowest BCUT2D eigenvalue weighted by Crippen LogP contribution is -2.09. The van der Waals surface area contributed by atoms with Crippen LogP contribution in [0.25, 0.3) is 0 Å². The smallest absolute Gasteiger partial charge is 0.182 e. The van der Waals surface area contributed by atoms with Gasteiger partial charge in [0.2, 0.25) is 0 Å². The summed E-state index contributed by atoms with van der Waals surface area (Å²) < 4.78 is 0. The molecule has 0 atom stereocenters. The summed E-state index contributed by atoms with van der Waals surface area (Å²) in [5.74, 6) is 0.899. The lowest BCUT2D eigenvalue weighted by atomic mass is 9.86. The van der Waals surface area contributed by atoms with Gasteiger partial charge in [-0.3, -0.25) is 0 Å². The summed E-state index contributed by atoms with van der Waals surface area (Å²) in [5.41, 5.74) is 1.28. The lowest BCUT2D eigenvalue weighted by Gasteiger charge is -2.20. The Kier molecular flexibility index (Phi) is 3.40. The van der Waals surface area contributed by atoms with Gasteiger partial charge >= 0.3 is 0 Å². The van der Waals surface area contributed by atoms with Gasteiger partial charge in [-0.25, -0.2) is 4.98 Å². The van der Waals surface area contributed by atoms with Crippen LogP contribution < -0.4 is 5.32 Å². The lowest BCUT2D eigenvalue weighted by molar-refractivity contribution is 0.355. The number of nitrogens with one attached hydrogen (secondary N) is 1. The number of thiazole rings is 1. The van der Waals surface area contributed by atoms with E-state index in [1.807, 2.05) is 7.05 Å². The molecule has 3 heteroatoms. The van der Waals surface area contributed by atoms with Crippen molar-refractivity contribution in [2.45, 2.75) is 38.5 Å². The zero-order chi connectivity index (χ0) is 9.80. The van der Waals surface area contributed by atoms with E-state index < -0.39 is 0 Å². The third-order valence-corrected chi connectivity index (χ3v) is 3.90. The van der Waals surface area contributed by atoms with Gasteiger partial charge < -0.3 is 5.32 Å². The van der Waals surface area contributed by atoms with Gasteiger partial charge in [-0.15, -0.1) is 11.3 Å². The third kappa shape index (κ3) is 2.47. The standard InChI is InChI=1S/C11H18N2S/c1-12-11-13-10(8-14-11)7-9-5-3-2-4-6-9/h8-9H,2-7H2,1H3,(H,12,13). The average molecular weight is 210 g/mol. The minimum absolute atomic E-state index is 0.899. The normalized spacial score (nSPS) is 18.4. The van der Waals surface area contributed by atoms with Crippen molar-refractivity contribution in [2.75, 3.05) is 12.4 Å². The Bertz CT molecular complexity index is 277. The maximum Gasteiger partial charge on any atom is 0.182 e. The van der Waals surface area contributed by atoms with E-state index in [1.165, 1.54) is 44.2 Å². The van der Waals surface area contributed by atoms with E-state index in [0.717, 1.165) is 11.0 Å². The third-order valence-electron chi connectivity index (χ3n) is 2.99. The molecule has 1 aliphatic carbocycles. The second-order valence-corrected chi connectivity index (χ2v) is 4.96. The van der Waals surface area contributed by atoms with Gasteiger partial charge in [0.25, 0.3) is 0 Å². The van der Waals surface area contributed by atoms with Crippen molar-refractivity contribution in [1.29, 1.82) is 0 Å². The Morgan fingerprint density at radius 3 is 2.86 bits per heavy atom. The molecule has 0 aromatic carbocycles. The van der Waals surface area contributed by atoms with Gasteiger partial charge in [0.05, 0.1) is 5.69 Å². The molecule has 1 fully saturated rings. The molecule has 0 spiro atoms. The SMILES string of the molecule is CNc1nc(CC2CCCCC2)cs1. The number of hydrogen-bond acceptors (Lipinski definition) is 3. The van der Waals surface area contributed by atoms with Crippen LogP contribution in [0.15, 0.2) is 5.38 Å². The molecule has 1 aliphatic rings. The molecule has 2 rings (SSSR count). The molecule has 1 aromatic rings. The Morgan fingerprint density at radius 1 is 1.43 bits per heavy atom. The predicted octanol–water partition coefficient (Wildman–Crippen LogP) is 3.31. The molecule has 2 nitrogen and oxygen atoms in total. The molecule has 0 unspecified atom stereocenters. The van der Waals surface area contributed by atoms with Crippen molar-refractivity contribution in [3.05, 3.63) is 11.1 Å². The van der Waals surface area contributed by atoms with Crippen LogP contribution in [0.3, 0.4) is 0 Å². The molecule has 0 amide bonds. The molecule has 1 heterocycles. The summed E-state index contributed by atoms with van der Waals surface area (Å²) in [6.07, 6.45) is 8.30. The predicted molar refractivity (Wildman–Crippen MR) is 61.9 cm³/mol. The van der Waals surface area contributed by atoms with Gasteiger partial charge in [0.1, 0.15) is 0 Å². The summed E-state index contributed by atoms with van der Waals surface area (Å²) in [4.78, 5) is 4.53. The van der Waals surface area contributed by atoms with Crippen LogP contribution in [0.2, 0.25) is 0 Å². The summed E-state index contributed by atoms with van der Waals surface area (Å²) in [7, 11) is 1.93. The molecule has 0 bridgehead atoms. The van der Waals surface area contributed by atoms with Crippen LogP contribution in [0.1, 0.15) is 37.8 Å². The van der Waals surface area contributed by atoms with Crippen molar-refractivity contribution in [3.63, 3.8) is 0 Å². The van der Waals surface area contributed by atoms with Crippen molar-refractivity contribution in [3.8, 4) is 0 Å². The summed E-state index contributed by atoms with van der Waals surface area (Å²) in [5, 5.41) is 6.34. The Morgan fingerprint density at radius 2 is 2.21 bits per heavy atom. The first-order valence-electron chi connectivity index (χ1n) is 5.50. The Balaban J connectivity index is 1.89. The van der Waals surface area contributed by atoms with E-state index >= 15 is 0 Å². The molecule has 1 N–H and O–H groups in total. The zero-order valence-electron chi connectivity index (χ0n) is 8.75. The topological polar surface area (TPSA) is 24.9 Å². The zero-order valence-corrected chi connectivity index (χ0v) is 9.57. The maximum atomic E-state index is 4.53. The number of nitrogens with zero attached hydrogens (tertiary/aromatic N) is 1. The molecule has 78 valence electrons. The van der Waals surface area contributed by atoms with E-state index in [4.69, 9.17) is 0 Å². The van der Waals surface area contributed by atoms with Gasteiger partial charge in [-0.1, -0.05) is 32.1 Å². The fourth-order valence-electron chi connectivity index (χ4n) is 2.20. The van der Waals surface area contributed by atoms with Crippen LogP contribution in [0, 0.1) is 5.92 Å². The first kappa shape index (κ1) is 9.97. The first-order valence-corrected chi connectivity index (χ1v) is 6.38. The highest BCUT2D eigenvalue weighted by atomic mass is 32.1. The Labute approximate surface area is 89.8 Å². The Hall–Kier alpha value is -0.570. The van der Waals surface area contributed by atoms with Crippen LogP contribution in [0.5, 0.6) is 0 Å². The van der Waals surface area contributed by atoms with Gasteiger partial charge in [0, 0.05) is 12.4 Å². The highest BCUT2D eigenvalue weighted by Gasteiger charge is 2.15. The monoisotopic (exact) mass is 210 g/mol. The van der Waals surface area contributed by atoms with Crippen molar-refractivity contribution in [2.24, 2.45) is 5.92 Å². The number of hydrogen-bond donors (Lipinski definition) is 1. The minimum atomic E-state index is 0.899. The molecule has 0 saturated heterocycles. The van der Waals surface area contributed by atoms with Crippen LogP contribution in [-0.4, -0.2) is 12.0 Å². The van der Waals surface area contributed by atoms with Crippen LogP contribution >= 0.6 is 11.3 Å². The fraction of sp³-hybridized carbons (Fsp3) is 0.727. The van der Waals surface area contributed by atoms with Crippen LogP contribution in [0.4, 0.5) is 5.13 Å². The van der Waals surface area contributed by atoms with Crippen molar-refractivity contribution < 1.29 is 0 Å². The largest absolute Gasteiger partial charge is 0.365 e. The highest BCUT2D eigenvalue weighted by Crippen LogP contribution is 2.27. The quantitative estimate of drug-likeness (QED) is 0.828. The van der Waals surface area contributed by atoms with Gasteiger partial charge in [-0.2, -0.15) is 0 Å². The van der Waals surface area contributed by atoms with E-state index in [2.05, 4.69) is 15.7 Å². The molecule has 1 saturated carbocycles. The summed E-state index contributed by atoms with van der Waals surface area (Å²) >= 11 is 1.72. The number of rotatable bonds is 3. The maximum absolute atomic E-state index is 4.53. The first-order chi connectivity index (χ1) is 6.88. The number of anilines is 1.